The SMILES string of the molecule is COc1ccccc1N1N=C(C(C)C)CC1=O. The number of para-hydroxylation sites is 2. The minimum absolute atomic E-state index is 0.00167. The van der Waals surface area contributed by atoms with Gasteiger partial charge in [0.25, 0.3) is 5.91 Å². The van der Waals surface area contributed by atoms with E-state index in [-0.39, 0.29) is 5.91 Å². The summed E-state index contributed by atoms with van der Waals surface area (Å²) < 4.78 is 5.24. The Morgan fingerprint density at radius 3 is 2.65 bits per heavy atom. The van der Waals surface area contributed by atoms with Gasteiger partial charge in [-0.05, 0) is 18.1 Å². The van der Waals surface area contributed by atoms with Crippen LogP contribution in [0.5, 0.6) is 5.75 Å². The second-order valence-corrected chi connectivity index (χ2v) is 4.30. The lowest BCUT2D eigenvalue weighted by atomic mass is 10.1. The van der Waals surface area contributed by atoms with Crippen LogP contribution in [-0.2, 0) is 4.79 Å². The van der Waals surface area contributed by atoms with E-state index in [4.69, 9.17) is 4.74 Å². The average Bonchev–Trinajstić information content (AvgIpc) is 2.71. The van der Waals surface area contributed by atoms with Gasteiger partial charge in [0.1, 0.15) is 11.4 Å². The van der Waals surface area contributed by atoms with Gasteiger partial charge in [-0.3, -0.25) is 4.79 Å². The Morgan fingerprint density at radius 2 is 2.06 bits per heavy atom. The first-order chi connectivity index (χ1) is 8.13. The number of carbonyl (C=O) groups is 1. The lowest BCUT2D eigenvalue weighted by molar-refractivity contribution is -0.116. The molecule has 2 rings (SSSR count). The molecule has 1 aromatic carbocycles. The summed E-state index contributed by atoms with van der Waals surface area (Å²) in [4.78, 5) is 11.9. The van der Waals surface area contributed by atoms with E-state index >= 15 is 0 Å². The molecular formula is C13H16N2O2. The number of methoxy groups -OCH3 is 1. The highest BCUT2D eigenvalue weighted by Crippen LogP contribution is 2.31. The third-order valence-corrected chi connectivity index (χ3v) is 2.78. The topological polar surface area (TPSA) is 41.9 Å². The summed E-state index contributed by atoms with van der Waals surface area (Å²) in [7, 11) is 1.59. The zero-order chi connectivity index (χ0) is 12.4. The molecule has 0 N–H and O–H groups in total. The van der Waals surface area contributed by atoms with Crippen molar-refractivity contribution in [2.75, 3.05) is 12.1 Å². The second-order valence-electron chi connectivity index (χ2n) is 4.30. The molecule has 0 saturated carbocycles. The molecular weight excluding hydrogens is 216 g/mol. The maximum Gasteiger partial charge on any atom is 0.253 e. The van der Waals surface area contributed by atoms with Crippen molar-refractivity contribution in [2.24, 2.45) is 11.0 Å². The van der Waals surface area contributed by atoms with E-state index in [0.717, 1.165) is 5.71 Å². The summed E-state index contributed by atoms with van der Waals surface area (Å²) in [5.74, 6) is 0.950. The highest BCUT2D eigenvalue weighted by Gasteiger charge is 2.28. The lowest BCUT2D eigenvalue weighted by Gasteiger charge is -2.15. The maximum atomic E-state index is 11.9. The predicted octanol–water partition coefficient (Wildman–Crippen LogP) is 2.44. The molecule has 0 radical (unpaired) electrons. The second kappa shape index (κ2) is 4.57. The van der Waals surface area contributed by atoms with Crippen molar-refractivity contribution >= 4 is 17.3 Å². The van der Waals surface area contributed by atoms with E-state index in [1.54, 1.807) is 7.11 Å². The minimum Gasteiger partial charge on any atom is -0.494 e. The van der Waals surface area contributed by atoms with Gasteiger partial charge < -0.3 is 4.74 Å². The van der Waals surface area contributed by atoms with Gasteiger partial charge in [0.2, 0.25) is 0 Å². The van der Waals surface area contributed by atoms with Gasteiger partial charge >= 0.3 is 0 Å². The van der Waals surface area contributed by atoms with Crippen LogP contribution >= 0.6 is 0 Å². The van der Waals surface area contributed by atoms with Gasteiger partial charge in [0.05, 0.1) is 19.2 Å². The largest absolute Gasteiger partial charge is 0.494 e. The van der Waals surface area contributed by atoms with Gasteiger partial charge in [-0.1, -0.05) is 26.0 Å². The molecule has 0 aliphatic carbocycles. The number of carbonyl (C=O) groups excluding carboxylic acids is 1. The molecule has 0 fully saturated rings. The van der Waals surface area contributed by atoms with E-state index in [9.17, 15) is 4.79 Å². The zero-order valence-corrected chi connectivity index (χ0v) is 10.3. The monoisotopic (exact) mass is 232 g/mol. The molecule has 0 atom stereocenters. The molecule has 1 aliphatic rings. The van der Waals surface area contributed by atoms with Crippen LogP contribution in [0.3, 0.4) is 0 Å². The number of benzene rings is 1. The van der Waals surface area contributed by atoms with Gasteiger partial charge in [0, 0.05) is 0 Å². The number of rotatable bonds is 3. The highest BCUT2D eigenvalue weighted by molar-refractivity contribution is 6.13. The Hall–Kier alpha value is -1.84. The number of anilines is 1. The first-order valence-corrected chi connectivity index (χ1v) is 5.67. The van der Waals surface area contributed by atoms with E-state index in [1.165, 1.54) is 5.01 Å². The van der Waals surface area contributed by atoms with Crippen LogP contribution in [-0.4, -0.2) is 18.7 Å². The van der Waals surface area contributed by atoms with Crippen LogP contribution in [0.4, 0.5) is 5.69 Å². The fraction of sp³-hybridized carbons (Fsp3) is 0.385. The van der Waals surface area contributed by atoms with Crippen LogP contribution in [0.1, 0.15) is 20.3 Å². The molecule has 0 bridgehead atoms. The van der Waals surface area contributed by atoms with Crippen molar-refractivity contribution in [2.45, 2.75) is 20.3 Å². The summed E-state index contributed by atoms with van der Waals surface area (Å²) in [6, 6.07) is 7.40. The normalized spacial score (nSPS) is 15.4. The van der Waals surface area contributed by atoms with Crippen LogP contribution in [0, 0.1) is 5.92 Å². The van der Waals surface area contributed by atoms with E-state index in [2.05, 4.69) is 5.10 Å². The van der Waals surface area contributed by atoms with Crippen molar-refractivity contribution in [1.29, 1.82) is 0 Å². The number of amides is 1. The van der Waals surface area contributed by atoms with Crippen LogP contribution in [0.25, 0.3) is 0 Å². The van der Waals surface area contributed by atoms with Crippen molar-refractivity contribution in [3.05, 3.63) is 24.3 Å². The summed E-state index contributed by atoms with van der Waals surface area (Å²) >= 11 is 0. The number of hydrogen-bond donors (Lipinski definition) is 0. The Balaban J connectivity index is 2.37. The van der Waals surface area contributed by atoms with Crippen LogP contribution < -0.4 is 9.75 Å². The number of hydrogen-bond acceptors (Lipinski definition) is 3. The summed E-state index contributed by atoms with van der Waals surface area (Å²) in [5, 5.41) is 5.81. The number of hydrazone groups is 1. The summed E-state index contributed by atoms with van der Waals surface area (Å²) in [5.41, 5.74) is 1.62. The Kier molecular flexibility index (Phi) is 3.13. The molecule has 1 aliphatic heterocycles. The average molecular weight is 232 g/mol. The lowest BCUT2D eigenvalue weighted by Crippen LogP contribution is -2.20. The van der Waals surface area contributed by atoms with Crippen LogP contribution in [0.2, 0.25) is 0 Å². The fourth-order valence-electron chi connectivity index (χ4n) is 1.76. The van der Waals surface area contributed by atoms with Crippen molar-refractivity contribution in [1.82, 2.24) is 0 Å². The molecule has 1 aromatic rings. The van der Waals surface area contributed by atoms with Gasteiger partial charge in [-0.15, -0.1) is 0 Å². The van der Waals surface area contributed by atoms with E-state index in [1.807, 2.05) is 38.1 Å². The molecule has 4 nitrogen and oxygen atoms in total. The van der Waals surface area contributed by atoms with E-state index in [0.29, 0.717) is 23.8 Å². The molecule has 0 saturated heterocycles. The molecule has 90 valence electrons. The molecule has 0 unspecified atom stereocenters. The Labute approximate surface area is 101 Å². The highest BCUT2D eigenvalue weighted by atomic mass is 16.5. The Bertz CT molecular complexity index is 466. The van der Waals surface area contributed by atoms with Gasteiger partial charge in [-0.25, -0.2) is 0 Å². The first-order valence-electron chi connectivity index (χ1n) is 5.67. The standard InChI is InChI=1S/C13H16N2O2/c1-9(2)10-8-13(16)15(14-10)11-6-4-5-7-12(11)17-3/h4-7,9H,8H2,1-3H3. The van der Waals surface area contributed by atoms with E-state index < -0.39 is 0 Å². The van der Waals surface area contributed by atoms with Crippen molar-refractivity contribution < 1.29 is 9.53 Å². The Morgan fingerprint density at radius 1 is 1.35 bits per heavy atom. The molecule has 1 amide bonds. The quantitative estimate of drug-likeness (QED) is 0.803. The predicted molar refractivity (Wildman–Crippen MR) is 67.4 cm³/mol. The van der Waals surface area contributed by atoms with Gasteiger partial charge in [0.15, 0.2) is 0 Å². The molecule has 0 spiro atoms. The molecule has 4 heteroatoms. The first kappa shape index (κ1) is 11.6. The van der Waals surface area contributed by atoms with Gasteiger partial charge in [-0.2, -0.15) is 10.1 Å². The third kappa shape index (κ3) is 2.16. The number of nitrogens with zero attached hydrogens (tertiary/aromatic N) is 2. The molecule has 17 heavy (non-hydrogen) atoms. The zero-order valence-electron chi connectivity index (χ0n) is 10.3. The summed E-state index contributed by atoms with van der Waals surface area (Å²) in [6.45, 7) is 4.08. The molecule has 1 heterocycles. The summed E-state index contributed by atoms with van der Waals surface area (Å²) in [6.07, 6.45) is 0.399. The van der Waals surface area contributed by atoms with Crippen LogP contribution in [0.15, 0.2) is 29.4 Å². The molecule has 0 aromatic heterocycles. The smallest absolute Gasteiger partial charge is 0.253 e. The minimum atomic E-state index is -0.00167. The van der Waals surface area contributed by atoms with Crippen molar-refractivity contribution in [3.63, 3.8) is 0 Å². The van der Waals surface area contributed by atoms with Crippen molar-refractivity contribution in [3.8, 4) is 5.75 Å². The number of ether oxygens (including phenoxy) is 1. The third-order valence-electron chi connectivity index (χ3n) is 2.78. The maximum absolute atomic E-state index is 11.9. The fourth-order valence-corrected chi connectivity index (χ4v) is 1.76.